The van der Waals surface area contributed by atoms with E-state index in [9.17, 15) is 22.4 Å². The van der Waals surface area contributed by atoms with Gasteiger partial charge in [-0.25, -0.2) is 17.6 Å². The van der Waals surface area contributed by atoms with E-state index in [1.807, 2.05) is 0 Å². The Kier molecular flexibility index (Phi) is 8.60. The lowest BCUT2D eigenvalue weighted by Gasteiger charge is -2.17. The molecule has 0 fully saturated rings. The first kappa shape index (κ1) is 26.3. The van der Waals surface area contributed by atoms with Crippen LogP contribution in [0.4, 0.5) is 9.39 Å². The molecule has 0 spiro atoms. The van der Waals surface area contributed by atoms with Gasteiger partial charge >= 0.3 is 5.97 Å². The molecule has 0 aliphatic heterocycles. The van der Waals surface area contributed by atoms with E-state index in [1.165, 1.54) is 0 Å². The van der Waals surface area contributed by atoms with Gasteiger partial charge in [-0.15, -0.1) is 11.3 Å². The minimum absolute atomic E-state index is 0.137. The second-order valence-corrected chi connectivity index (χ2v) is 9.92. The van der Waals surface area contributed by atoms with E-state index in [0.29, 0.717) is 11.3 Å². The van der Waals surface area contributed by atoms with E-state index in [0.717, 1.165) is 41.2 Å². The van der Waals surface area contributed by atoms with Crippen LogP contribution in [0.15, 0.2) is 58.8 Å². The predicted molar refractivity (Wildman–Crippen MR) is 132 cm³/mol. The third-order valence-electron chi connectivity index (χ3n) is 5.05. The van der Waals surface area contributed by atoms with Crippen LogP contribution >= 0.6 is 11.3 Å². The van der Waals surface area contributed by atoms with E-state index in [-0.39, 0.29) is 28.5 Å². The molecule has 0 saturated heterocycles. The van der Waals surface area contributed by atoms with Gasteiger partial charge in [0.15, 0.2) is 0 Å². The molecule has 1 atom stereocenters. The molecule has 0 aliphatic rings. The van der Waals surface area contributed by atoms with Gasteiger partial charge < -0.3 is 14.8 Å². The Morgan fingerprint density at radius 2 is 1.71 bits per heavy atom. The minimum atomic E-state index is -4.08. The SMILES string of the molecule is CCOC(=O)c1c(-c2ccc(OC)cc2)csc1NC(=O)C(CC)NS(=O)(=O)c1ccc(F)cc1. The van der Waals surface area contributed by atoms with Gasteiger partial charge in [0.25, 0.3) is 0 Å². The zero-order chi connectivity index (χ0) is 25.6. The first-order chi connectivity index (χ1) is 16.7. The standard InChI is InChI=1S/C24H25FN2O6S2/c1-4-20(27-35(30,31)18-12-8-16(25)9-13-18)22(28)26-23-21(24(29)33-5-2)19(14-34-23)15-6-10-17(32-3)11-7-15/h6-14,20,27H,4-5H2,1-3H3,(H,26,28). The smallest absolute Gasteiger partial charge is 0.341 e. The quantitative estimate of drug-likeness (QED) is 0.383. The number of sulfonamides is 1. The summed E-state index contributed by atoms with van der Waals surface area (Å²) in [5.41, 5.74) is 1.45. The Morgan fingerprint density at radius 1 is 1.06 bits per heavy atom. The molecule has 1 amide bonds. The van der Waals surface area contributed by atoms with Crippen molar-refractivity contribution in [1.29, 1.82) is 0 Å². The summed E-state index contributed by atoms with van der Waals surface area (Å²) in [6.45, 7) is 3.45. The number of methoxy groups -OCH3 is 1. The van der Waals surface area contributed by atoms with Crippen LogP contribution in [0, 0.1) is 5.82 Å². The molecule has 1 aromatic heterocycles. The molecule has 2 aromatic carbocycles. The van der Waals surface area contributed by atoms with Gasteiger partial charge in [-0.2, -0.15) is 4.72 Å². The lowest BCUT2D eigenvalue weighted by molar-refractivity contribution is -0.117. The van der Waals surface area contributed by atoms with E-state index >= 15 is 0 Å². The van der Waals surface area contributed by atoms with Gasteiger partial charge in [0.1, 0.15) is 28.2 Å². The van der Waals surface area contributed by atoms with Crippen molar-refractivity contribution in [3.05, 3.63) is 65.3 Å². The zero-order valence-electron chi connectivity index (χ0n) is 19.3. The van der Waals surface area contributed by atoms with Crippen molar-refractivity contribution in [2.24, 2.45) is 0 Å². The highest BCUT2D eigenvalue weighted by Gasteiger charge is 2.28. The normalized spacial score (nSPS) is 12.1. The molecule has 0 saturated carbocycles. The number of halogens is 1. The fraction of sp³-hybridized carbons (Fsp3) is 0.250. The number of esters is 1. The number of carbonyl (C=O) groups excluding carboxylic acids is 2. The number of amides is 1. The van der Waals surface area contributed by atoms with Crippen molar-refractivity contribution in [3.8, 4) is 16.9 Å². The molecule has 8 nitrogen and oxygen atoms in total. The van der Waals surface area contributed by atoms with Crippen LogP contribution in [0.5, 0.6) is 5.75 Å². The molecule has 1 heterocycles. The highest BCUT2D eigenvalue weighted by molar-refractivity contribution is 7.89. The maximum Gasteiger partial charge on any atom is 0.341 e. The zero-order valence-corrected chi connectivity index (χ0v) is 21.0. The number of hydrogen-bond donors (Lipinski definition) is 2. The van der Waals surface area contributed by atoms with Crippen molar-refractivity contribution >= 4 is 38.2 Å². The monoisotopic (exact) mass is 520 g/mol. The molecule has 2 N–H and O–H groups in total. The summed E-state index contributed by atoms with van der Waals surface area (Å²) < 4.78 is 51.2. The lowest BCUT2D eigenvalue weighted by Crippen LogP contribution is -2.43. The fourth-order valence-electron chi connectivity index (χ4n) is 3.23. The Labute approximate surface area is 207 Å². The van der Waals surface area contributed by atoms with Crippen molar-refractivity contribution in [2.75, 3.05) is 19.0 Å². The molecule has 0 aliphatic carbocycles. The number of carbonyl (C=O) groups is 2. The number of rotatable bonds is 10. The van der Waals surface area contributed by atoms with Crippen LogP contribution in [0.3, 0.4) is 0 Å². The van der Waals surface area contributed by atoms with E-state index in [2.05, 4.69) is 10.0 Å². The first-order valence-corrected chi connectivity index (χ1v) is 13.1. The van der Waals surface area contributed by atoms with Gasteiger partial charge in [-0.1, -0.05) is 19.1 Å². The average Bonchev–Trinajstić information content (AvgIpc) is 3.26. The summed E-state index contributed by atoms with van der Waals surface area (Å²) in [5.74, 6) is -1.19. The molecule has 1 unspecified atom stereocenters. The Balaban J connectivity index is 1.88. The Morgan fingerprint density at radius 3 is 2.29 bits per heavy atom. The molecular formula is C24H25FN2O6S2. The summed E-state index contributed by atoms with van der Waals surface area (Å²) in [4.78, 5) is 25.6. The van der Waals surface area contributed by atoms with Crippen molar-refractivity contribution in [1.82, 2.24) is 4.72 Å². The van der Waals surface area contributed by atoms with Gasteiger partial charge in [0, 0.05) is 10.9 Å². The largest absolute Gasteiger partial charge is 0.497 e. The maximum atomic E-state index is 13.2. The predicted octanol–water partition coefficient (Wildman–Crippen LogP) is 4.44. The highest BCUT2D eigenvalue weighted by atomic mass is 32.2. The van der Waals surface area contributed by atoms with Crippen LogP contribution in [0.1, 0.15) is 30.6 Å². The number of anilines is 1. The summed E-state index contributed by atoms with van der Waals surface area (Å²) in [6, 6.07) is 10.2. The third-order valence-corrected chi connectivity index (χ3v) is 7.44. The van der Waals surface area contributed by atoms with Crippen LogP contribution in [-0.2, 0) is 19.6 Å². The highest BCUT2D eigenvalue weighted by Crippen LogP contribution is 2.37. The number of ether oxygens (including phenoxy) is 2. The van der Waals surface area contributed by atoms with E-state index < -0.39 is 33.8 Å². The van der Waals surface area contributed by atoms with Crippen LogP contribution in [-0.4, -0.2) is 40.1 Å². The molecule has 0 bridgehead atoms. The Bertz CT molecular complexity index is 1290. The molecule has 3 rings (SSSR count). The van der Waals surface area contributed by atoms with Crippen LogP contribution in [0.2, 0.25) is 0 Å². The van der Waals surface area contributed by atoms with Gasteiger partial charge in [-0.05, 0) is 55.3 Å². The fourth-order valence-corrected chi connectivity index (χ4v) is 5.47. The van der Waals surface area contributed by atoms with Crippen LogP contribution < -0.4 is 14.8 Å². The summed E-state index contributed by atoms with van der Waals surface area (Å²) >= 11 is 1.12. The maximum absolute atomic E-state index is 13.2. The first-order valence-electron chi connectivity index (χ1n) is 10.7. The summed E-state index contributed by atoms with van der Waals surface area (Å²) in [7, 11) is -2.54. The molecular weight excluding hydrogens is 495 g/mol. The number of hydrogen-bond acceptors (Lipinski definition) is 7. The molecule has 186 valence electrons. The van der Waals surface area contributed by atoms with E-state index in [4.69, 9.17) is 9.47 Å². The molecule has 0 radical (unpaired) electrons. The molecule has 11 heteroatoms. The second kappa shape index (κ2) is 11.4. The van der Waals surface area contributed by atoms with Gasteiger partial charge in [0.05, 0.1) is 18.6 Å². The van der Waals surface area contributed by atoms with Crippen LogP contribution in [0.25, 0.3) is 11.1 Å². The molecule has 3 aromatic rings. The number of thiophene rings is 1. The number of nitrogens with one attached hydrogen (secondary N) is 2. The summed E-state index contributed by atoms with van der Waals surface area (Å²) in [6.07, 6.45) is 0.137. The van der Waals surface area contributed by atoms with Gasteiger partial charge in [-0.3, -0.25) is 4.79 Å². The van der Waals surface area contributed by atoms with Crippen molar-refractivity contribution in [2.45, 2.75) is 31.2 Å². The van der Waals surface area contributed by atoms with Crippen molar-refractivity contribution < 1.29 is 31.9 Å². The minimum Gasteiger partial charge on any atom is -0.497 e. The second-order valence-electron chi connectivity index (χ2n) is 7.33. The van der Waals surface area contributed by atoms with Crippen molar-refractivity contribution in [3.63, 3.8) is 0 Å². The van der Waals surface area contributed by atoms with Gasteiger partial charge in [0.2, 0.25) is 15.9 Å². The number of benzene rings is 2. The summed E-state index contributed by atoms with van der Waals surface area (Å²) in [5, 5.41) is 4.61. The third kappa shape index (κ3) is 6.24. The lowest BCUT2D eigenvalue weighted by atomic mass is 10.0. The molecule has 35 heavy (non-hydrogen) atoms. The van der Waals surface area contributed by atoms with E-state index in [1.54, 1.807) is 50.6 Å². The topological polar surface area (TPSA) is 111 Å². The Hall–Kier alpha value is -3.28. The average molecular weight is 521 g/mol.